The lowest BCUT2D eigenvalue weighted by Crippen LogP contribution is -2.42. The van der Waals surface area contributed by atoms with Crippen LogP contribution in [0.2, 0.25) is 0 Å². The summed E-state index contributed by atoms with van der Waals surface area (Å²) in [5.41, 5.74) is -0.607. The van der Waals surface area contributed by atoms with Crippen LogP contribution in [0, 0.1) is 17.8 Å². The molecule has 0 aromatic carbocycles. The predicted octanol–water partition coefficient (Wildman–Crippen LogP) is 4.69. The highest BCUT2D eigenvalue weighted by atomic mass is 16.6. The quantitative estimate of drug-likeness (QED) is 0.143. The molecule has 0 aromatic heterocycles. The van der Waals surface area contributed by atoms with Gasteiger partial charge < -0.3 is 33.9 Å². The molecule has 2 rings (SSSR count). The molecule has 2 aliphatic rings. The van der Waals surface area contributed by atoms with Gasteiger partial charge in [0, 0.05) is 38.4 Å². The van der Waals surface area contributed by atoms with Crippen LogP contribution in [-0.2, 0) is 33.3 Å². The molecule has 9 heteroatoms. The molecule has 11 unspecified atom stereocenters. The van der Waals surface area contributed by atoms with Crippen LogP contribution in [0.1, 0.15) is 80.6 Å². The van der Waals surface area contributed by atoms with Gasteiger partial charge in [-0.3, -0.25) is 9.59 Å². The summed E-state index contributed by atoms with van der Waals surface area (Å²) >= 11 is 0. The van der Waals surface area contributed by atoms with Crippen LogP contribution >= 0.6 is 0 Å². The van der Waals surface area contributed by atoms with E-state index < -0.39 is 35.9 Å². The maximum Gasteiger partial charge on any atom is 0.309 e. The Labute approximate surface area is 252 Å². The molecule has 9 nitrogen and oxygen atoms in total. The van der Waals surface area contributed by atoms with E-state index in [9.17, 15) is 19.8 Å². The van der Waals surface area contributed by atoms with Crippen molar-refractivity contribution in [2.24, 2.45) is 17.8 Å². The van der Waals surface area contributed by atoms with E-state index in [-0.39, 0.29) is 67.9 Å². The third-order valence-corrected chi connectivity index (χ3v) is 8.58. The van der Waals surface area contributed by atoms with Gasteiger partial charge in [-0.15, -0.1) is 0 Å². The topological polar surface area (TPSA) is 124 Å². The SMILES string of the molecule is CCC(=O)OC1/C=C/C(C)C(/C(C)=C/C=C/C(C)C(OC)C2OC2C(C)C(CC)OC)OC(=O)CC(O)CCC1(C)O. The first-order valence-corrected chi connectivity index (χ1v) is 15.3. The number of aliphatic hydroxyl groups is 2. The monoisotopic (exact) mass is 594 g/mol. The fourth-order valence-corrected chi connectivity index (χ4v) is 5.70. The molecule has 2 heterocycles. The summed E-state index contributed by atoms with van der Waals surface area (Å²) in [7, 11) is 3.43. The molecule has 0 aliphatic carbocycles. The van der Waals surface area contributed by atoms with Crippen molar-refractivity contribution in [1.82, 2.24) is 0 Å². The van der Waals surface area contributed by atoms with Crippen molar-refractivity contribution in [3.8, 4) is 0 Å². The highest BCUT2D eigenvalue weighted by Crippen LogP contribution is 2.38. The average Bonchev–Trinajstić information content (AvgIpc) is 3.73. The van der Waals surface area contributed by atoms with E-state index in [0.717, 1.165) is 12.0 Å². The first-order chi connectivity index (χ1) is 19.8. The molecule has 1 saturated heterocycles. The van der Waals surface area contributed by atoms with Crippen LogP contribution in [0.25, 0.3) is 0 Å². The van der Waals surface area contributed by atoms with E-state index in [2.05, 4.69) is 20.8 Å². The molecule has 11 atom stereocenters. The number of aliphatic hydroxyl groups excluding tert-OH is 1. The Hall–Kier alpha value is -2.04. The summed E-state index contributed by atoms with van der Waals surface area (Å²) in [5, 5.41) is 21.5. The molecule has 2 aliphatic heterocycles. The molecule has 0 saturated carbocycles. The summed E-state index contributed by atoms with van der Waals surface area (Å²) in [6, 6.07) is 0. The summed E-state index contributed by atoms with van der Waals surface area (Å²) in [6.07, 6.45) is 8.14. The maximum atomic E-state index is 12.7. The largest absolute Gasteiger partial charge is 0.457 e. The molecule has 42 heavy (non-hydrogen) atoms. The van der Waals surface area contributed by atoms with Crippen molar-refractivity contribution in [2.45, 2.75) is 129 Å². The number of allylic oxidation sites excluding steroid dienone is 2. The van der Waals surface area contributed by atoms with E-state index in [1.165, 1.54) is 0 Å². The van der Waals surface area contributed by atoms with Crippen molar-refractivity contribution in [1.29, 1.82) is 0 Å². The lowest BCUT2D eigenvalue weighted by Gasteiger charge is -2.32. The van der Waals surface area contributed by atoms with E-state index in [4.69, 9.17) is 23.7 Å². The fourth-order valence-electron chi connectivity index (χ4n) is 5.70. The Morgan fingerprint density at radius 3 is 2.48 bits per heavy atom. The van der Waals surface area contributed by atoms with Crippen LogP contribution in [0.15, 0.2) is 36.0 Å². The van der Waals surface area contributed by atoms with E-state index in [0.29, 0.717) is 0 Å². The van der Waals surface area contributed by atoms with Crippen molar-refractivity contribution >= 4 is 11.9 Å². The van der Waals surface area contributed by atoms with Crippen molar-refractivity contribution < 1.29 is 43.5 Å². The van der Waals surface area contributed by atoms with Gasteiger partial charge >= 0.3 is 11.9 Å². The molecular weight excluding hydrogens is 540 g/mol. The number of hydrogen-bond donors (Lipinski definition) is 2. The van der Waals surface area contributed by atoms with Gasteiger partial charge in [-0.1, -0.05) is 58.9 Å². The first-order valence-electron chi connectivity index (χ1n) is 15.3. The zero-order valence-corrected chi connectivity index (χ0v) is 26.9. The second-order valence-electron chi connectivity index (χ2n) is 12.1. The molecule has 0 radical (unpaired) electrons. The normalized spacial score (nSPS) is 34.8. The number of esters is 2. The van der Waals surface area contributed by atoms with Gasteiger partial charge in [0.15, 0.2) is 0 Å². The highest BCUT2D eigenvalue weighted by molar-refractivity contribution is 5.70. The van der Waals surface area contributed by atoms with E-state index >= 15 is 0 Å². The van der Waals surface area contributed by atoms with Crippen LogP contribution < -0.4 is 0 Å². The fraction of sp³-hybridized carbons (Fsp3) is 0.758. The van der Waals surface area contributed by atoms with Crippen molar-refractivity contribution in [2.75, 3.05) is 14.2 Å². The zero-order chi connectivity index (χ0) is 31.6. The van der Waals surface area contributed by atoms with Gasteiger partial charge in [0.25, 0.3) is 0 Å². The van der Waals surface area contributed by atoms with Crippen LogP contribution in [-0.4, -0.2) is 84.7 Å². The Morgan fingerprint density at radius 2 is 1.88 bits per heavy atom. The second-order valence-corrected chi connectivity index (χ2v) is 12.1. The molecule has 2 N–H and O–H groups in total. The number of carbonyl (C=O) groups is 2. The number of epoxide rings is 1. The smallest absolute Gasteiger partial charge is 0.309 e. The molecule has 0 bridgehead atoms. The van der Waals surface area contributed by atoms with Crippen molar-refractivity contribution in [3.63, 3.8) is 0 Å². The Morgan fingerprint density at radius 1 is 1.19 bits per heavy atom. The number of methoxy groups -OCH3 is 2. The minimum absolute atomic E-state index is 0.00487. The molecular formula is C33H54O9. The minimum atomic E-state index is -1.41. The summed E-state index contributed by atoms with van der Waals surface area (Å²) in [4.78, 5) is 24.8. The predicted molar refractivity (Wildman–Crippen MR) is 161 cm³/mol. The highest BCUT2D eigenvalue weighted by Gasteiger charge is 2.51. The summed E-state index contributed by atoms with van der Waals surface area (Å²) in [5.74, 6) is -0.921. The van der Waals surface area contributed by atoms with Gasteiger partial charge in [-0.2, -0.15) is 0 Å². The van der Waals surface area contributed by atoms with Crippen molar-refractivity contribution in [3.05, 3.63) is 36.0 Å². The van der Waals surface area contributed by atoms with E-state index in [1.807, 2.05) is 32.1 Å². The minimum Gasteiger partial charge on any atom is -0.457 e. The molecule has 1 fully saturated rings. The second kappa shape index (κ2) is 16.7. The standard InChI is InChI=1S/C33H54O9/c1-10-25(38-8)23(6)31-32(42-31)30(39-9)21(4)14-12-13-20(3)29-22(5)15-16-26(40-27(35)11-2)33(7,37)18-17-24(34)19-28(36)41-29/h12-16,21-26,29-32,34,37H,10-11,17-19H2,1-9H3/b14-12+,16-15+,20-13+. The van der Waals surface area contributed by atoms with Gasteiger partial charge in [-0.25, -0.2) is 0 Å². The Bertz CT molecular complexity index is 951. The number of hydrogen-bond acceptors (Lipinski definition) is 9. The zero-order valence-electron chi connectivity index (χ0n) is 26.9. The number of carbonyl (C=O) groups excluding carboxylic acids is 2. The van der Waals surface area contributed by atoms with Gasteiger partial charge in [0.1, 0.15) is 23.9 Å². The first kappa shape index (κ1) is 36.2. The van der Waals surface area contributed by atoms with Gasteiger partial charge in [-0.05, 0) is 44.8 Å². The number of rotatable bonds is 12. The molecule has 240 valence electrons. The lowest BCUT2D eigenvalue weighted by atomic mass is 9.88. The third kappa shape index (κ3) is 10.3. The van der Waals surface area contributed by atoms with Gasteiger partial charge in [0.2, 0.25) is 0 Å². The lowest BCUT2D eigenvalue weighted by molar-refractivity contribution is -0.159. The van der Waals surface area contributed by atoms with Gasteiger partial charge in [0.05, 0.1) is 30.8 Å². The molecule has 0 amide bonds. The summed E-state index contributed by atoms with van der Waals surface area (Å²) < 4.78 is 28.8. The Kier molecular flexibility index (Phi) is 14.4. The number of cyclic esters (lactones) is 1. The van der Waals surface area contributed by atoms with Crippen LogP contribution in [0.3, 0.4) is 0 Å². The Balaban J connectivity index is 2.21. The van der Waals surface area contributed by atoms with E-state index in [1.54, 1.807) is 40.2 Å². The molecule has 0 aromatic rings. The third-order valence-electron chi connectivity index (χ3n) is 8.58. The van der Waals surface area contributed by atoms with Crippen LogP contribution in [0.4, 0.5) is 0 Å². The maximum absolute atomic E-state index is 12.7. The summed E-state index contributed by atoms with van der Waals surface area (Å²) in [6.45, 7) is 13.4. The molecule has 0 spiro atoms. The van der Waals surface area contributed by atoms with Crippen LogP contribution in [0.5, 0.6) is 0 Å². The average molecular weight is 595 g/mol. The number of ether oxygens (including phenoxy) is 5.